The number of benzene rings is 2. The Kier molecular flexibility index (Phi) is 6.29. The maximum absolute atomic E-state index is 14.6. The predicted molar refractivity (Wildman–Crippen MR) is 131 cm³/mol. The molecule has 3 heterocycles. The lowest BCUT2D eigenvalue weighted by Gasteiger charge is -2.25. The molecule has 2 atom stereocenters. The fourth-order valence-electron chi connectivity index (χ4n) is 4.59. The molecule has 0 unspecified atom stereocenters. The third-order valence-electron chi connectivity index (χ3n) is 6.43. The Labute approximate surface area is 202 Å². The Morgan fingerprint density at radius 1 is 1.06 bits per heavy atom. The summed E-state index contributed by atoms with van der Waals surface area (Å²) < 4.78 is 32.3. The summed E-state index contributed by atoms with van der Waals surface area (Å²) >= 11 is 0. The van der Waals surface area contributed by atoms with Gasteiger partial charge in [0, 0.05) is 42.1 Å². The Balaban J connectivity index is 1.59. The molecule has 0 saturated carbocycles. The standard InChI is InChI=1S/C25H29FN6O3/c1-14-7-16(12-27-11-14)23-30-24-18-9-19(26)22(35-4)10-20(18)29-25(32(24)31-23)28-13-15-5-6-17(33-2)8-21(15)34-3/h5-6,8-10,14,16,27H,7,11-13H2,1-4H3,(H,28,29)/t14-,16+/m1/s1. The number of fused-ring (bicyclic) bond motifs is 3. The number of hydrogen-bond acceptors (Lipinski definition) is 8. The average molecular weight is 481 g/mol. The van der Waals surface area contributed by atoms with Crippen molar-refractivity contribution in [3.63, 3.8) is 0 Å². The van der Waals surface area contributed by atoms with E-state index in [1.54, 1.807) is 24.8 Å². The fraction of sp³-hybridized carbons (Fsp3) is 0.400. The normalized spacial score (nSPS) is 18.1. The number of piperidine rings is 1. The lowest BCUT2D eigenvalue weighted by atomic mass is 9.91. The molecule has 1 aliphatic heterocycles. The van der Waals surface area contributed by atoms with Crippen molar-refractivity contribution in [2.24, 2.45) is 5.92 Å². The Morgan fingerprint density at radius 2 is 1.89 bits per heavy atom. The molecule has 0 spiro atoms. The first-order valence-corrected chi connectivity index (χ1v) is 11.6. The molecular weight excluding hydrogens is 451 g/mol. The van der Waals surface area contributed by atoms with Gasteiger partial charge in [-0.2, -0.15) is 4.52 Å². The number of anilines is 1. The molecule has 184 valence electrons. The summed E-state index contributed by atoms with van der Waals surface area (Å²) in [5.74, 6) is 2.98. The molecule has 0 bridgehead atoms. The van der Waals surface area contributed by atoms with Gasteiger partial charge < -0.3 is 24.8 Å². The second kappa shape index (κ2) is 9.53. The van der Waals surface area contributed by atoms with Crippen LogP contribution >= 0.6 is 0 Å². The molecule has 2 aromatic heterocycles. The minimum absolute atomic E-state index is 0.127. The molecule has 0 radical (unpaired) electrons. The summed E-state index contributed by atoms with van der Waals surface area (Å²) in [7, 11) is 4.67. The summed E-state index contributed by atoms with van der Waals surface area (Å²) in [6.45, 7) is 4.43. The highest BCUT2D eigenvalue weighted by Crippen LogP contribution is 2.31. The van der Waals surface area contributed by atoms with Crippen molar-refractivity contribution in [2.45, 2.75) is 25.8 Å². The Bertz CT molecular complexity index is 1370. The van der Waals surface area contributed by atoms with Gasteiger partial charge in [0.1, 0.15) is 11.5 Å². The first kappa shape index (κ1) is 23.1. The van der Waals surface area contributed by atoms with Gasteiger partial charge in [0.25, 0.3) is 0 Å². The third-order valence-corrected chi connectivity index (χ3v) is 6.43. The number of rotatable bonds is 7. The lowest BCUT2D eigenvalue weighted by Crippen LogP contribution is -2.34. The minimum atomic E-state index is -0.468. The van der Waals surface area contributed by atoms with Crippen LogP contribution in [0.4, 0.5) is 10.3 Å². The van der Waals surface area contributed by atoms with Crippen molar-refractivity contribution in [1.82, 2.24) is 24.9 Å². The summed E-state index contributed by atoms with van der Waals surface area (Å²) in [4.78, 5) is 9.60. The molecular formula is C25H29FN6O3. The van der Waals surface area contributed by atoms with Gasteiger partial charge in [-0.1, -0.05) is 6.92 Å². The molecule has 1 saturated heterocycles. The van der Waals surface area contributed by atoms with Crippen molar-refractivity contribution in [2.75, 3.05) is 39.7 Å². The molecule has 5 rings (SSSR count). The molecule has 2 aromatic carbocycles. The van der Waals surface area contributed by atoms with E-state index >= 15 is 0 Å². The zero-order valence-electron chi connectivity index (χ0n) is 20.3. The molecule has 0 aliphatic carbocycles. The monoisotopic (exact) mass is 480 g/mol. The van der Waals surface area contributed by atoms with Crippen molar-refractivity contribution in [1.29, 1.82) is 0 Å². The molecule has 35 heavy (non-hydrogen) atoms. The number of nitrogens with one attached hydrogen (secondary N) is 2. The Morgan fingerprint density at radius 3 is 2.63 bits per heavy atom. The van der Waals surface area contributed by atoms with Gasteiger partial charge in [0.2, 0.25) is 5.95 Å². The highest BCUT2D eigenvalue weighted by Gasteiger charge is 2.25. The van der Waals surface area contributed by atoms with Crippen LogP contribution in [0, 0.1) is 11.7 Å². The summed E-state index contributed by atoms with van der Waals surface area (Å²) in [6.07, 6.45) is 0.989. The van der Waals surface area contributed by atoms with Gasteiger partial charge in [0.15, 0.2) is 23.0 Å². The number of halogens is 1. The van der Waals surface area contributed by atoms with Crippen molar-refractivity contribution >= 4 is 22.5 Å². The van der Waals surface area contributed by atoms with E-state index in [1.807, 2.05) is 18.2 Å². The summed E-state index contributed by atoms with van der Waals surface area (Å²) in [5, 5.41) is 12.2. The smallest absolute Gasteiger partial charge is 0.226 e. The quantitative estimate of drug-likeness (QED) is 0.413. The number of aromatic nitrogens is 4. The van der Waals surface area contributed by atoms with Gasteiger partial charge in [-0.3, -0.25) is 0 Å². The molecule has 1 aliphatic rings. The SMILES string of the molecule is COc1ccc(CNc2nc3cc(OC)c(F)cc3c3nc([C@@H]4CNC[C@H](C)C4)nn23)c(OC)c1. The van der Waals surface area contributed by atoms with Crippen molar-refractivity contribution < 1.29 is 18.6 Å². The van der Waals surface area contributed by atoms with Crippen LogP contribution in [0.2, 0.25) is 0 Å². The van der Waals surface area contributed by atoms with Crippen LogP contribution < -0.4 is 24.8 Å². The van der Waals surface area contributed by atoms with Gasteiger partial charge in [0.05, 0.1) is 26.8 Å². The van der Waals surface area contributed by atoms with E-state index in [2.05, 4.69) is 17.6 Å². The van der Waals surface area contributed by atoms with E-state index < -0.39 is 5.82 Å². The molecule has 9 nitrogen and oxygen atoms in total. The van der Waals surface area contributed by atoms with Crippen LogP contribution in [0.25, 0.3) is 16.6 Å². The van der Waals surface area contributed by atoms with Gasteiger partial charge in [-0.15, -0.1) is 5.10 Å². The minimum Gasteiger partial charge on any atom is -0.497 e. The second-order valence-corrected chi connectivity index (χ2v) is 8.87. The van der Waals surface area contributed by atoms with Crippen LogP contribution in [0.3, 0.4) is 0 Å². The second-order valence-electron chi connectivity index (χ2n) is 8.87. The highest BCUT2D eigenvalue weighted by molar-refractivity contribution is 5.93. The van der Waals surface area contributed by atoms with Crippen molar-refractivity contribution in [3.05, 3.63) is 47.5 Å². The Hall–Kier alpha value is -3.66. The van der Waals surface area contributed by atoms with E-state index in [9.17, 15) is 4.39 Å². The maximum Gasteiger partial charge on any atom is 0.226 e. The van der Waals surface area contributed by atoms with E-state index in [0.29, 0.717) is 46.5 Å². The predicted octanol–water partition coefficient (Wildman–Crippen LogP) is 3.77. The fourth-order valence-corrected chi connectivity index (χ4v) is 4.59. The third kappa shape index (κ3) is 4.41. The van der Waals surface area contributed by atoms with E-state index in [-0.39, 0.29) is 11.7 Å². The van der Waals surface area contributed by atoms with Crippen LogP contribution in [0.5, 0.6) is 17.2 Å². The van der Waals surface area contributed by atoms with Crippen LogP contribution in [-0.4, -0.2) is 54.0 Å². The lowest BCUT2D eigenvalue weighted by molar-refractivity contribution is 0.355. The molecule has 10 heteroatoms. The van der Waals surface area contributed by atoms with Crippen LogP contribution in [0.15, 0.2) is 30.3 Å². The van der Waals surface area contributed by atoms with E-state index in [4.69, 9.17) is 29.3 Å². The maximum atomic E-state index is 14.6. The largest absolute Gasteiger partial charge is 0.497 e. The average Bonchev–Trinajstić information content (AvgIpc) is 3.33. The number of nitrogens with zero attached hydrogens (tertiary/aromatic N) is 4. The first-order valence-electron chi connectivity index (χ1n) is 11.6. The summed E-state index contributed by atoms with van der Waals surface area (Å²) in [5.41, 5.74) is 2.04. The van der Waals surface area contributed by atoms with Gasteiger partial charge >= 0.3 is 0 Å². The number of hydrogen-bond donors (Lipinski definition) is 2. The van der Waals surface area contributed by atoms with Crippen LogP contribution in [0.1, 0.15) is 30.7 Å². The zero-order valence-corrected chi connectivity index (χ0v) is 20.3. The van der Waals surface area contributed by atoms with E-state index in [0.717, 1.165) is 30.9 Å². The van der Waals surface area contributed by atoms with Crippen molar-refractivity contribution in [3.8, 4) is 17.2 Å². The van der Waals surface area contributed by atoms with Crippen LogP contribution in [-0.2, 0) is 6.54 Å². The number of methoxy groups -OCH3 is 3. The first-order chi connectivity index (χ1) is 17.0. The zero-order chi connectivity index (χ0) is 24.5. The van der Waals surface area contributed by atoms with Gasteiger partial charge in [-0.05, 0) is 37.1 Å². The van der Waals surface area contributed by atoms with Gasteiger partial charge in [-0.25, -0.2) is 14.4 Å². The topological polar surface area (TPSA) is 94.8 Å². The molecule has 4 aromatic rings. The number of ether oxygens (including phenoxy) is 3. The molecule has 2 N–H and O–H groups in total. The molecule has 1 fully saturated rings. The molecule has 0 amide bonds. The summed E-state index contributed by atoms with van der Waals surface area (Å²) in [6, 6.07) is 8.64. The van der Waals surface area contributed by atoms with E-state index in [1.165, 1.54) is 13.2 Å². The highest BCUT2D eigenvalue weighted by atomic mass is 19.1.